The van der Waals surface area contributed by atoms with E-state index in [4.69, 9.17) is 9.47 Å². The van der Waals surface area contributed by atoms with E-state index in [2.05, 4.69) is 0 Å². The molecular weight excluding hydrogens is 428 g/mol. The lowest BCUT2D eigenvalue weighted by Crippen LogP contribution is -2.63. The van der Waals surface area contributed by atoms with E-state index >= 15 is 0 Å². The quantitative estimate of drug-likeness (QED) is 0.454. The first-order valence-electron chi connectivity index (χ1n) is 11.4. The summed E-state index contributed by atoms with van der Waals surface area (Å²) in [4.78, 5) is 28.5. The molecule has 4 rings (SSSR count). The Morgan fingerprint density at radius 2 is 1.03 bits per heavy atom. The molecule has 0 fully saturated rings. The second-order valence-electron chi connectivity index (χ2n) is 10.8. The van der Waals surface area contributed by atoms with E-state index in [0.717, 1.165) is 22.3 Å². The minimum absolute atomic E-state index is 0.390. The van der Waals surface area contributed by atoms with Gasteiger partial charge in [-0.1, -0.05) is 72.8 Å². The van der Waals surface area contributed by atoms with Crippen molar-refractivity contribution in [3.8, 4) is 0 Å². The summed E-state index contributed by atoms with van der Waals surface area (Å²) in [5.41, 5.74) is 0.922. The Morgan fingerprint density at radius 3 is 1.39 bits per heavy atom. The van der Waals surface area contributed by atoms with Crippen molar-refractivity contribution in [3.63, 3.8) is 0 Å². The molecule has 0 aromatic heterocycles. The molecule has 2 aromatic carbocycles. The van der Waals surface area contributed by atoms with E-state index in [1.807, 2.05) is 114 Å². The van der Waals surface area contributed by atoms with Crippen LogP contribution in [-0.4, -0.2) is 30.5 Å². The fourth-order valence-corrected chi connectivity index (χ4v) is 9.63. The Labute approximate surface area is 197 Å². The Morgan fingerprint density at radius 1 is 0.667 bits per heavy atom. The SMILES string of the molecule is CC(C)(C)OC(=O)[Si](C(=O)OC(C)(C)C)(C1C=Cc2ccccc21)C1C=Cc2ccccc21. The Bertz CT molecular complexity index is 1060. The summed E-state index contributed by atoms with van der Waals surface area (Å²) in [5, 5.41) is 0. The normalized spacial score (nSPS) is 19.2. The van der Waals surface area contributed by atoms with Gasteiger partial charge in [0.15, 0.2) is 0 Å². The molecule has 0 spiro atoms. The standard InChI is InChI=1S/C28H32O4Si/c1-27(2,3)31-25(29)33(26(30)32-28(4,5)6,23-17-15-19-11-7-9-13-21(19)23)24-18-16-20-12-8-10-14-22(20)24/h7-18,23-24H,1-6H3. The van der Waals surface area contributed by atoms with Crippen LogP contribution in [0.3, 0.4) is 0 Å². The zero-order valence-corrected chi connectivity index (χ0v) is 21.2. The molecule has 172 valence electrons. The van der Waals surface area contributed by atoms with Gasteiger partial charge in [-0.05, 0) is 63.8 Å². The number of carbonyl (C=O) groups excluding carboxylic acids is 2. The van der Waals surface area contributed by atoms with Crippen molar-refractivity contribution < 1.29 is 19.1 Å². The van der Waals surface area contributed by atoms with Crippen LogP contribution >= 0.6 is 0 Å². The molecule has 2 aliphatic rings. The fourth-order valence-electron chi connectivity index (χ4n) is 4.80. The number of hydrogen-bond donors (Lipinski definition) is 0. The first-order chi connectivity index (χ1) is 15.4. The molecule has 2 aliphatic carbocycles. The van der Waals surface area contributed by atoms with Crippen LogP contribution in [0.1, 0.15) is 74.9 Å². The molecule has 0 radical (unpaired) electrons. The van der Waals surface area contributed by atoms with Crippen LogP contribution in [0.4, 0.5) is 9.59 Å². The predicted octanol–water partition coefficient (Wildman–Crippen LogP) is 7.17. The summed E-state index contributed by atoms with van der Waals surface area (Å²) in [7, 11) is -3.75. The number of ether oxygens (including phenoxy) is 2. The maximum atomic E-state index is 14.3. The lowest BCUT2D eigenvalue weighted by atomic mass is 10.1. The van der Waals surface area contributed by atoms with Gasteiger partial charge in [0.25, 0.3) is 11.2 Å². The van der Waals surface area contributed by atoms with Crippen molar-refractivity contribution in [1.29, 1.82) is 0 Å². The fraction of sp³-hybridized carbons (Fsp3) is 0.357. The molecular formula is C28H32O4Si. The summed E-state index contributed by atoms with van der Waals surface area (Å²) >= 11 is 0. The molecule has 2 atom stereocenters. The smallest absolute Gasteiger partial charge is 0.333 e. The largest absolute Gasteiger partial charge is 0.464 e. The van der Waals surface area contributed by atoms with E-state index in [0.29, 0.717) is 0 Å². The highest BCUT2D eigenvalue weighted by molar-refractivity contribution is 7.25. The highest BCUT2D eigenvalue weighted by atomic mass is 28.3. The van der Waals surface area contributed by atoms with Crippen molar-refractivity contribution in [3.05, 3.63) is 82.9 Å². The van der Waals surface area contributed by atoms with Crippen molar-refractivity contribution in [2.75, 3.05) is 0 Å². The highest BCUT2D eigenvalue weighted by Crippen LogP contribution is 2.49. The van der Waals surface area contributed by atoms with Crippen LogP contribution in [-0.2, 0) is 9.47 Å². The Balaban J connectivity index is 1.99. The van der Waals surface area contributed by atoms with Gasteiger partial charge in [0, 0.05) is 11.1 Å². The number of allylic oxidation sites excluding steroid dienone is 2. The number of rotatable bonds is 4. The third-order valence-corrected chi connectivity index (χ3v) is 10.6. The number of hydrogen-bond acceptors (Lipinski definition) is 4. The number of fused-ring (bicyclic) bond motifs is 2. The second-order valence-corrected chi connectivity index (χ2v) is 14.6. The van der Waals surface area contributed by atoms with Gasteiger partial charge in [0.2, 0.25) is 0 Å². The van der Waals surface area contributed by atoms with Crippen molar-refractivity contribution in [1.82, 2.24) is 0 Å². The molecule has 0 N–H and O–H groups in total. The Kier molecular flexibility index (Phi) is 5.73. The van der Waals surface area contributed by atoms with Crippen molar-refractivity contribution in [2.24, 2.45) is 0 Å². The van der Waals surface area contributed by atoms with Crippen LogP contribution in [0.25, 0.3) is 12.2 Å². The monoisotopic (exact) mass is 460 g/mol. The summed E-state index contributed by atoms with van der Waals surface area (Å²) in [6.45, 7) is 11.1. The molecule has 33 heavy (non-hydrogen) atoms. The highest BCUT2D eigenvalue weighted by Gasteiger charge is 2.66. The van der Waals surface area contributed by atoms with Crippen molar-refractivity contribution in [2.45, 2.75) is 63.8 Å². The van der Waals surface area contributed by atoms with Crippen LogP contribution in [0.5, 0.6) is 0 Å². The van der Waals surface area contributed by atoms with Gasteiger partial charge in [-0.2, -0.15) is 0 Å². The van der Waals surface area contributed by atoms with Crippen LogP contribution in [0.15, 0.2) is 60.7 Å². The van der Waals surface area contributed by atoms with Crippen LogP contribution in [0, 0.1) is 0 Å². The molecule has 0 saturated heterocycles. The lowest BCUT2D eigenvalue weighted by Gasteiger charge is -2.39. The predicted molar refractivity (Wildman–Crippen MR) is 135 cm³/mol. The van der Waals surface area contributed by atoms with Crippen LogP contribution in [0.2, 0.25) is 0 Å². The lowest BCUT2D eigenvalue weighted by molar-refractivity contribution is 0.0620. The maximum Gasteiger partial charge on any atom is 0.333 e. The van der Waals surface area contributed by atoms with Gasteiger partial charge in [-0.15, -0.1) is 0 Å². The molecule has 0 amide bonds. The summed E-state index contributed by atoms with van der Waals surface area (Å²) in [6.07, 6.45) is 8.06. The van der Waals surface area contributed by atoms with Gasteiger partial charge < -0.3 is 9.47 Å². The van der Waals surface area contributed by atoms with E-state index in [-0.39, 0.29) is 11.1 Å². The van der Waals surface area contributed by atoms with E-state index in [9.17, 15) is 9.59 Å². The minimum Gasteiger partial charge on any atom is -0.464 e. The molecule has 0 bridgehead atoms. The van der Waals surface area contributed by atoms with Crippen molar-refractivity contribution >= 4 is 31.4 Å². The number of carbonyl (C=O) groups is 2. The third kappa shape index (κ3) is 4.22. The summed E-state index contributed by atoms with van der Waals surface area (Å²) in [6, 6.07) is 15.9. The molecule has 2 aromatic rings. The average Bonchev–Trinajstić information content (AvgIpc) is 3.32. The first kappa shape index (κ1) is 23.2. The van der Waals surface area contributed by atoms with E-state index < -0.39 is 30.5 Å². The van der Waals surface area contributed by atoms with Gasteiger partial charge >= 0.3 is 8.07 Å². The van der Waals surface area contributed by atoms with Gasteiger partial charge in [0.05, 0.1) is 0 Å². The zero-order valence-electron chi connectivity index (χ0n) is 20.2. The first-order valence-corrected chi connectivity index (χ1v) is 13.6. The maximum absolute atomic E-state index is 14.3. The number of benzene rings is 2. The minimum atomic E-state index is -3.75. The third-order valence-electron chi connectivity index (χ3n) is 6.05. The summed E-state index contributed by atoms with van der Waals surface area (Å²) < 4.78 is 12.1. The summed E-state index contributed by atoms with van der Waals surface area (Å²) in [5.74, 6) is 0. The topological polar surface area (TPSA) is 52.6 Å². The van der Waals surface area contributed by atoms with Crippen LogP contribution < -0.4 is 0 Å². The average molecular weight is 461 g/mol. The van der Waals surface area contributed by atoms with Gasteiger partial charge in [-0.3, -0.25) is 9.59 Å². The Hall–Kier alpha value is -2.92. The van der Waals surface area contributed by atoms with Gasteiger partial charge in [0.1, 0.15) is 11.2 Å². The zero-order chi connectivity index (χ0) is 24.0. The molecule has 0 saturated carbocycles. The van der Waals surface area contributed by atoms with Gasteiger partial charge in [-0.25, -0.2) is 0 Å². The van der Waals surface area contributed by atoms with E-state index in [1.54, 1.807) is 0 Å². The molecule has 0 heterocycles. The molecule has 4 nitrogen and oxygen atoms in total. The molecule has 0 aliphatic heterocycles. The van der Waals surface area contributed by atoms with E-state index in [1.165, 1.54) is 0 Å². The molecule has 5 heteroatoms. The second kappa shape index (κ2) is 8.14. The molecule has 2 unspecified atom stereocenters.